The highest BCUT2D eigenvalue weighted by atomic mass is 32.1. The molecule has 0 atom stereocenters. The van der Waals surface area contributed by atoms with Gasteiger partial charge in [-0.05, 0) is 54.4 Å². The Morgan fingerprint density at radius 1 is 1.03 bits per heavy atom. The standard InChI is InChI=1S/C23H29N3O4S/c1-4-5-13-29-18-10-8-9-17(14-18)22(28)24-23(31)26-25-21(27)15-30-20-12-7-6-11-19(20)16(2)3/h6-12,14,16H,4-5,13,15H2,1-3H3,(H,25,27)(H2,24,26,28,31). The molecular weight excluding hydrogens is 414 g/mol. The van der Waals surface area contributed by atoms with Crippen molar-refractivity contribution in [3.63, 3.8) is 0 Å². The molecule has 7 nitrogen and oxygen atoms in total. The number of carbonyl (C=O) groups excluding carboxylic acids is 2. The number of ether oxygens (including phenoxy) is 2. The lowest BCUT2D eigenvalue weighted by Crippen LogP contribution is -2.49. The molecule has 2 rings (SSSR count). The number of amides is 2. The molecule has 0 saturated heterocycles. The summed E-state index contributed by atoms with van der Waals surface area (Å²) in [7, 11) is 0. The third kappa shape index (κ3) is 8.25. The maximum absolute atomic E-state index is 12.4. The maximum atomic E-state index is 12.4. The minimum atomic E-state index is -0.429. The van der Waals surface area contributed by atoms with Crippen LogP contribution >= 0.6 is 12.2 Å². The Kier molecular flexibility index (Phi) is 9.77. The van der Waals surface area contributed by atoms with Gasteiger partial charge in [0.2, 0.25) is 0 Å². The molecule has 0 fully saturated rings. The van der Waals surface area contributed by atoms with E-state index in [0.717, 1.165) is 18.4 Å². The maximum Gasteiger partial charge on any atom is 0.276 e. The average Bonchev–Trinajstić information content (AvgIpc) is 2.76. The van der Waals surface area contributed by atoms with Gasteiger partial charge in [0.05, 0.1) is 6.61 Å². The zero-order valence-electron chi connectivity index (χ0n) is 18.1. The van der Waals surface area contributed by atoms with Crippen molar-refractivity contribution in [3.8, 4) is 11.5 Å². The number of hydrazine groups is 1. The van der Waals surface area contributed by atoms with Crippen molar-refractivity contribution in [1.29, 1.82) is 0 Å². The van der Waals surface area contributed by atoms with Crippen LogP contribution < -0.4 is 25.6 Å². The predicted molar refractivity (Wildman–Crippen MR) is 124 cm³/mol. The van der Waals surface area contributed by atoms with Gasteiger partial charge in [0, 0.05) is 5.56 Å². The second-order valence-electron chi connectivity index (χ2n) is 7.17. The van der Waals surface area contributed by atoms with E-state index in [1.807, 2.05) is 24.3 Å². The molecule has 166 valence electrons. The van der Waals surface area contributed by atoms with Gasteiger partial charge < -0.3 is 9.47 Å². The van der Waals surface area contributed by atoms with Gasteiger partial charge in [0.25, 0.3) is 11.8 Å². The van der Waals surface area contributed by atoms with E-state index in [0.29, 0.717) is 23.7 Å². The summed E-state index contributed by atoms with van der Waals surface area (Å²) >= 11 is 5.07. The quantitative estimate of drug-likeness (QED) is 0.311. The number of nitrogens with one attached hydrogen (secondary N) is 3. The third-order valence-electron chi connectivity index (χ3n) is 4.31. The zero-order valence-corrected chi connectivity index (χ0v) is 18.9. The molecule has 0 aliphatic heterocycles. The van der Waals surface area contributed by atoms with Crippen molar-refractivity contribution in [2.24, 2.45) is 0 Å². The highest BCUT2D eigenvalue weighted by molar-refractivity contribution is 7.80. The van der Waals surface area contributed by atoms with E-state index < -0.39 is 11.8 Å². The number of carbonyl (C=O) groups is 2. The second kappa shape index (κ2) is 12.5. The van der Waals surface area contributed by atoms with Crippen LogP contribution in [0.4, 0.5) is 0 Å². The van der Waals surface area contributed by atoms with Gasteiger partial charge in [0.1, 0.15) is 11.5 Å². The number of unbranched alkanes of at least 4 members (excludes halogenated alkanes) is 1. The van der Waals surface area contributed by atoms with Crippen LogP contribution in [0.2, 0.25) is 0 Å². The third-order valence-corrected chi connectivity index (χ3v) is 4.51. The summed E-state index contributed by atoms with van der Waals surface area (Å²) in [5, 5.41) is 2.48. The molecule has 0 saturated carbocycles. The minimum Gasteiger partial charge on any atom is -0.494 e. The highest BCUT2D eigenvalue weighted by Crippen LogP contribution is 2.25. The summed E-state index contributed by atoms with van der Waals surface area (Å²) in [6.07, 6.45) is 1.97. The van der Waals surface area contributed by atoms with Crippen molar-refractivity contribution in [1.82, 2.24) is 16.2 Å². The molecule has 2 aromatic rings. The van der Waals surface area contributed by atoms with Crippen LogP contribution in [0, 0.1) is 0 Å². The van der Waals surface area contributed by atoms with Gasteiger partial charge in [-0.3, -0.25) is 25.8 Å². The molecule has 0 aliphatic carbocycles. The molecule has 0 unspecified atom stereocenters. The van der Waals surface area contributed by atoms with Crippen LogP contribution in [-0.2, 0) is 4.79 Å². The van der Waals surface area contributed by atoms with E-state index in [4.69, 9.17) is 21.7 Å². The number of benzene rings is 2. The first kappa shape index (κ1) is 24.1. The van der Waals surface area contributed by atoms with Crippen molar-refractivity contribution < 1.29 is 19.1 Å². The van der Waals surface area contributed by atoms with Crippen LogP contribution in [0.25, 0.3) is 0 Å². The van der Waals surface area contributed by atoms with Crippen LogP contribution in [0.5, 0.6) is 11.5 Å². The molecule has 0 spiro atoms. The number of hydrogen-bond acceptors (Lipinski definition) is 5. The van der Waals surface area contributed by atoms with E-state index in [1.54, 1.807) is 24.3 Å². The van der Waals surface area contributed by atoms with E-state index in [2.05, 4.69) is 36.9 Å². The average molecular weight is 444 g/mol. The molecule has 0 aromatic heterocycles. The Bertz CT molecular complexity index is 902. The molecule has 0 heterocycles. The van der Waals surface area contributed by atoms with Crippen molar-refractivity contribution in [2.75, 3.05) is 13.2 Å². The predicted octanol–water partition coefficient (Wildman–Crippen LogP) is 3.70. The van der Waals surface area contributed by atoms with Crippen molar-refractivity contribution in [3.05, 3.63) is 59.7 Å². The summed E-state index contributed by atoms with van der Waals surface area (Å²) in [5.41, 5.74) is 6.33. The largest absolute Gasteiger partial charge is 0.494 e. The Morgan fingerprint density at radius 3 is 2.55 bits per heavy atom. The van der Waals surface area contributed by atoms with Gasteiger partial charge >= 0.3 is 0 Å². The zero-order chi connectivity index (χ0) is 22.6. The fourth-order valence-corrected chi connectivity index (χ4v) is 2.81. The Balaban J connectivity index is 1.78. The van der Waals surface area contributed by atoms with Crippen LogP contribution in [-0.4, -0.2) is 30.1 Å². The molecule has 2 aromatic carbocycles. The molecule has 31 heavy (non-hydrogen) atoms. The Labute approximate surface area is 188 Å². The summed E-state index contributed by atoms with van der Waals surface area (Å²) < 4.78 is 11.2. The normalized spacial score (nSPS) is 10.3. The van der Waals surface area contributed by atoms with Crippen molar-refractivity contribution in [2.45, 2.75) is 39.5 Å². The highest BCUT2D eigenvalue weighted by Gasteiger charge is 2.11. The molecule has 0 bridgehead atoms. The minimum absolute atomic E-state index is 0.0294. The summed E-state index contributed by atoms with van der Waals surface area (Å²) in [5.74, 6) is 0.712. The van der Waals surface area contributed by atoms with Gasteiger partial charge in [-0.25, -0.2) is 0 Å². The lowest BCUT2D eigenvalue weighted by atomic mass is 10.0. The SMILES string of the molecule is CCCCOc1cccc(C(=O)NC(=S)NNC(=O)COc2ccccc2C(C)C)c1. The monoisotopic (exact) mass is 443 g/mol. The van der Waals surface area contributed by atoms with Crippen LogP contribution in [0.1, 0.15) is 55.5 Å². The summed E-state index contributed by atoms with van der Waals surface area (Å²) in [6.45, 7) is 6.59. The molecular formula is C23H29N3O4S. The Hall–Kier alpha value is -3.13. The first-order chi connectivity index (χ1) is 14.9. The van der Waals surface area contributed by atoms with Gasteiger partial charge in [-0.15, -0.1) is 0 Å². The fraction of sp³-hybridized carbons (Fsp3) is 0.348. The van der Waals surface area contributed by atoms with Gasteiger partial charge in [-0.1, -0.05) is 51.5 Å². The van der Waals surface area contributed by atoms with Crippen LogP contribution in [0.3, 0.4) is 0 Å². The first-order valence-corrected chi connectivity index (χ1v) is 10.7. The molecule has 3 N–H and O–H groups in total. The van der Waals surface area contributed by atoms with E-state index in [9.17, 15) is 9.59 Å². The molecule has 8 heteroatoms. The first-order valence-electron chi connectivity index (χ1n) is 10.3. The van der Waals surface area contributed by atoms with E-state index in [-0.39, 0.29) is 17.6 Å². The topological polar surface area (TPSA) is 88.7 Å². The van der Waals surface area contributed by atoms with Crippen molar-refractivity contribution >= 4 is 29.1 Å². The van der Waals surface area contributed by atoms with Gasteiger partial charge in [-0.2, -0.15) is 0 Å². The number of hydrogen-bond donors (Lipinski definition) is 3. The lowest BCUT2D eigenvalue weighted by Gasteiger charge is -2.14. The fourth-order valence-electron chi connectivity index (χ4n) is 2.66. The lowest BCUT2D eigenvalue weighted by molar-refractivity contribution is -0.123. The second-order valence-corrected chi connectivity index (χ2v) is 7.58. The Morgan fingerprint density at radius 2 is 1.81 bits per heavy atom. The smallest absolute Gasteiger partial charge is 0.276 e. The number of thiocarbonyl (C=S) groups is 1. The number of para-hydroxylation sites is 1. The summed E-state index contributed by atoms with van der Waals surface area (Å²) in [4.78, 5) is 24.4. The van der Waals surface area contributed by atoms with E-state index >= 15 is 0 Å². The molecule has 0 aliphatic rings. The molecule has 2 amide bonds. The molecule has 0 radical (unpaired) electrons. The van der Waals surface area contributed by atoms with E-state index in [1.165, 1.54) is 0 Å². The number of rotatable bonds is 9. The van der Waals surface area contributed by atoms with Crippen LogP contribution in [0.15, 0.2) is 48.5 Å². The van der Waals surface area contributed by atoms with Gasteiger partial charge in [0.15, 0.2) is 11.7 Å². The summed E-state index contributed by atoms with van der Waals surface area (Å²) in [6, 6.07) is 14.4.